The molecule has 0 saturated carbocycles. The van der Waals surface area contributed by atoms with Crippen molar-refractivity contribution in [2.45, 2.75) is 13.3 Å². The maximum absolute atomic E-state index is 9.79. The molecule has 0 spiro atoms. The zero-order chi connectivity index (χ0) is 10.1. The van der Waals surface area contributed by atoms with E-state index >= 15 is 0 Å². The third kappa shape index (κ3) is 11.5. The fourth-order valence-electron chi connectivity index (χ4n) is 0.0466. The Balaban J connectivity index is 0. The molecule has 0 aliphatic carbocycles. The van der Waals surface area contributed by atoms with E-state index in [4.69, 9.17) is 5.11 Å². The molecule has 0 aliphatic rings. The van der Waals surface area contributed by atoms with Crippen molar-refractivity contribution in [3.63, 3.8) is 0 Å². The molecule has 0 radical (unpaired) electrons. The molecule has 2 amide bonds. The van der Waals surface area contributed by atoms with Crippen LogP contribution in [0.25, 0.3) is 0 Å². The highest BCUT2D eigenvalue weighted by molar-refractivity contribution is 6.41. The molecule has 0 rings (SSSR count). The van der Waals surface area contributed by atoms with Crippen molar-refractivity contribution in [3.8, 4) is 0 Å². The van der Waals surface area contributed by atoms with Crippen LogP contribution in [0.4, 0.5) is 0 Å². The van der Waals surface area contributed by atoms with Crippen LogP contribution in [0.3, 0.4) is 0 Å². The van der Waals surface area contributed by atoms with E-state index < -0.39 is 17.8 Å². The van der Waals surface area contributed by atoms with Crippen molar-refractivity contribution < 1.29 is 19.5 Å². The number of carbonyl (C=O) groups excluding carboxylic acids is 2. The monoisotopic (exact) mass is 196 g/mol. The van der Waals surface area contributed by atoms with Crippen LogP contribution in [0.2, 0.25) is 0 Å². The fourth-order valence-corrected chi connectivity index (χ4v) is 0.140. The molecule has 0 atom stereocenters. The van der Waals surface area contributed by atoms with Crippen LogP contribution in [0.1, 0.15) is 13.3 Å². The van der Waals surface area contributed by atoms with E-state index in [9.17, 15) is 14.4 Å². The van der Waals surface area contributed by atoms with Gasteiger partial charge >= 0.3 is 17.8 Å². The first-order chi connectivity index (χ1) is 5.45. The minimum absolute atomic E-state index is 0.222. The lowest BCUT2D eigenvalue weighted by Gasteiger charge is -1.83. The number of hydrogen-bond donors (Lipinski definition) is 3. The highest BCUT2D eigenvalue weighted by atomic mass is 35.5. The van der Waals surface area contributed by atoms with Gasteiger partial charge in [-0.2, -0.15) is 0 Å². The normalized spacial score (nSPS) is 7.50. The number of primary amides is 1. The molecule has 0 aromatic carbocycles. The quantitative estimate of drug-likeness (QED) is 0.378. The smallest absolute Gasteiger partial charge is 0.323 e. The van der Waals surface area contributed by atoms with E-state index in [1.54, 1.807) is 6.92 Å². The Hall–Kier alpha value is -1.30. The zero-order valence-corrected chi connectivity index (χ0v) is 7.09. The summed E-state index contributed by atoms with van der Waals surface area (Å²) in [6.07, 6.45) is 0.222. The van der Waals surface area contributed by atoms with Crippen LogP contribution in [-0.2, 0) is 14.4 Å². The van der Waals surface area contributed by atoms with Gasteiger partial charge in [-0.3, -0.25) is 19.2 Å². The average molecular weight is 197 g/mol. The predicted octanol–water partition coefficient (Wildman–Crippen LogP) is -0.777. The van der Waals surface area contributed by atoms with Crippen LogP contribution in [0.5, 0.6) is 0 Å². The molecule has 70 valence electrons. The van der Waals surface area contributed by atoms with E-state index in [-0.39, 0.29) is 6.42 Å². The highest BCUT2D eigenvalue weighted by Gasteiger charge is 2.03. The van der Waals surface area contributed by atoms with Gasteiger partial charge in [0, 0.05) is 18.2 Å². The average Bonchev–Trinajstić information content (AvgIpc) is 2.04. The van der Waals surface area contributed by atoms with Crippen LogP contribution < -0.4 is 10.6 Å². The lowest BCUT2D eigenvalue weighted by atomic mass is 10.5. The summed E-state index contributed by atoms with van der Waals surface area (Å²) in [6, 6.07) is 0. The third-order valence-corrected chi connectivity index (χ3v) is 0.784. The Morgan fingerprint density at radius 3 is 1.83 bits per heavy atom. The molecule has 0 aliphatic heterocycles. The van der Waals surface area contributed by atoms with Crippen molar-refractivity contribution in [3.05, 3.63) is 0 Å². The van der Waals surface area contributed by atoms with Crippen molar-refractivity contribution in [1.82, 2.24) is 4.84 Å². The molecule has 6 nitrogen and oxygen atoms in total. The van der Waals surface area contributed by atoms with Gasteiger partial charge in [-0.1, -0.05) is 6.92 Å². The number of amides is 2. The number of nitrogens with one attached hydrogen (secondary N) is 1. The minimum atomic E-state index is -1.09. The summed E-state index contributed by atoms with van der Waals surface area (Å²) in [4.78, 5) is 30.3. The molecule has 0 bridgehead atoms. The van der Waals surface area contributed by atoms with Crippen LogP contribution in [0, 0.1) is 0 Å². The van der Waals surface area contributed by atoms with E-state index in [0.29, 0.717) is 0 Å². The van der Waals surface area contributed by atoms with Gasteiger partial charge in [0.1, 0.15) is 0 Å². The summed E-state index contributed by atoms with van der Waals surface area (Å²) in [5, 5.41) is 7.72. The summed E-state index contributed by atoms with van der Waals surface area (Å²) in [6.45, 7) is 1.60. The van der Waals surface area contributed by atoms with Crippen LogP contribution in [0.15, 0.2) is 0 Å². The number of nitrogens with two attached hydrogens (primary N) is 1. The van der Waals surface area contributed by atoms with Gasteiger partial charge in [-0.25, -0.2) is 0 Å². The van der Waals surface area contributed by atoms with Crippen molar-refractivity contribution >= 4 is 29.6 Å². The Kier molecular flexibility index (Phi) is 8.65. The molecule has 0 heterocycles. The summed E-state index contributed by atoms with van der Waals surface area (Å²) in [5.74, 6) is -2.83. The number of hydrogen-bond acceptors (Lipinski definition) is 3. The van der Waals surface area contributed by atoms with E-state index in [1.807, 2.05) is 0 Å². The second kappa shape index (κ2) is 7.80. The number of carboxylic acid groups (broad SMARTS) is 1. The van der Waals surface area contributed by atoms with E-state index in [1.165, 1.54) is 4.84 Å². The Labute approximate surface area is 73.8 Å². The van der Waals surface area contributed by atoms with Gasteiger partial charge < -0.3 is 10.8 Å². The van der Waals surface area contributed by atoms with E-state index in [2.05, 4.69) is 17.5 Å². The number of halogens is 1. The van der Waals surface area contributed by atoms with Crippen molar-refractivity contribution in [2.24, 2.45) is 5.73 Å². The summed E-state index contributed by atoms with van der Waals surface area (Å²) in [7, 11) is 0. The first-order valence-corrected chi connectivity index (χ1v) is 3.25. The summed E-state index contributed by atoms with van der Waals surface area (Å²) >= 11 is 4.65. The minimum Gasteiger partial charge on any atom is -0.481 e. The van der Waals surface area contributed by atoms with Crippen LogP contribution >= 0.6 is 11.8 Å². The maximum Gasteiger partial charge on any atom is 0.323 e. The summed E-state index contributed by atoms with van der Waals surface area (Å²) < 4.78 is 0. The number of carbonyl (C=O) groups is 3. The molecule has 0 unspecified atom stereocenters. The lowest BCUT2D eigenvalue weighted by Crippen LogP contribution is -2.30. The molecule has 0 aromatic rings. The van der Waals surface area contributed by atoms with Gasteiger partial charge in [0.25, 0.3) is 0 Å². The zero-order valence-electron chi connectivity index (χ0n) is 6.33. The largest absolute Gasteiger partial charge is 0.481 e. The fraction of sp³-hybridized carbons (Fsp3) is 0.400. The lowest BCUT2D eigenvalue weighted by molar-refractivity contribution is -0.136. The predicted molar refractivity (Wildman–Crippen MR) is 41.1 cm³/mol. The van der Waals surface area contributed by atoms with E-state index in [0.717, 1.165) is 0 Å². The Morgan fingerprint density at radius 1 is 1.50 bits per heavy atom. The van der Waals surface area contributed by atoms with Crippen molar-refractivity contribution in [2.75, 3.05) is 0 Å². The van der Waals surface area contributed by atoms with Gasteiger partial charge in [-0.05, 0) is 0 Å². The van der Waals surface area contributed by atoms with Gasteiger partial charge in [0.15, 0.2) is 0 Å². The van der Waals surface area contributed by atoms with Gasteiger partial charge in [-0.15, -0.1) is 0 Å². The third-order valence-electron chi connectivity index (χ3n) is 0.612. The summed E-state index contributed by atoms with van der Waals surface area (Å²) in [5.41, 5.74) is 4.41. The van der Waals surface area contributed by atoms with Gasteiger partial charge in [0.05, 0.1) is 0 Å². The first kappa shape index (κ1) is 13.3. The number of carboxylic acids is 1. The van der Waals surface area contributed by atoms with Crippen LogP contribution in [-0.4, -0.2) is 22.9 Å². The Bertz CT molecular complexity index is 182. The molecular weight excluding hydrogens is 188 g/mol. The molecule has 12 heavy (non-hydrogen) atoms. The molecule has 0 fully saturated rings. The number of aliphatic carboxylic acids is 1. The standard InChI is InChI=1S/C3H6O2.C2H3ClN2O2/c1-2-3(4)5;3-5-2(7)1(4)6/h2H2,1H3,(H,4,5);(H2,4,6)(H,5,7). The molecule has 0 aromatic heterocycles. The Morgan fingerprint density at radius 2 is 1.83 bits per heavy atom. The maximum atomic E-state index is 9.79. The highest BCUT2D eigenvalue weighted by Crippen LogP contribution is 1.67. The molecule has 7 heteroatoms. The second-order valence-electron chi connectivity index (χ2n) is 1.54. The second-order valence-corrected chi connectivity index (χ2v) is 1.72. The molecule has 0 saturated heterocycles. The van der Waals surface area contributed by atoms with Crippen molar-refractivity contribution in [1.29, 1.82) is 0 Å². The molecular formula is C5H9ClN2O4. The molecule has 4 N–H and O–H groups in total. The van der Waals surface area contributed by atoms with Gasteiger partial charge in [0.2, 0.25) is 0 Å². The first-order valence-electron chi connectivity index (χ1n) is 2.87. The topological polar surface area (TPSA) is 109 Å². The number of rotatable bonds is 1. The SMILES string of the molecule is CCC(=O)O.NC(=O)C(=O)NCl.